The minimum absolute atomic E-state index is 0.0603. The van der Waals surface area contributed by atoms with E-state index in [2.05, 4.69) is 62.8 Å². The van der Waals surface area contributed by atoms with Gasteiger partial charge in [0.05, 0.1) is 11.5 Å². The normalized spacial score (nSPS) is 17.2. The van der Waals surface area contributed by atoms with E-state index in [1.807, 2.05) is 43.0 Å². The molecular weight excluding hydrogens is 765 g/mol. The number of aliphatic carboxylic acids is 1. The molecule has 0 saturated carbocycles. The van der Waals surface area contributed by atoms with Crippen molar-refractivity contribution in [2.45, 2.75) is 176 Å². The molecule has 0 unspecified atom stereocenters. The first kappa shape index (κ1) is 49.8. The van der Waals surface area contributed by atoms with Crippen LogP contribution in [0, 0.1) is 17.3 Å². The number of aromatic nitrogens is 1. The molecule has 0 radical (unpaired) electrons. The predicted molar refractivity (Wildman–Crippen MR) is 239 cm³/mol. The van der Waals surface area contributed by atoms with E-state index in [0.717, 1.165) is 69.2 Å². The van der Waals surface area contributed by atoms with Crippen LogP contribution in [0.25, 0.3) is 0 Å². The molecule has 1 aromatic heterocycles. The van der Waals surface area contributed by atoms with Crippen LogP contribution in [0.4, 0.5) is 5.69 Å². The van der Waals surface area contributed by atoms with E-state index in [4.69, 9.17) is 9.72 Å². The Morgan fingerprint density at radius 3 is 2.29 bits per heavy atom. The zero-order valence-electron chi connectivity index (χ0n) is 37.7. The summed E-state index contributed by atoms with van der Waals surface area (Å²) in [5.41, 5.74) is 1.15. The molecular formula is C46H76N6O6S. The number of hydrogen-bond donors (Lipinski definition) is 5. The quantitative estimate of drug-likeness (QED) is 0.0586. The number of nitrogens with zero attached hydrogens (tertiary/aromatic N) is 2. The van der Waals surface area contributed by atoms with Crippen LogP contribution in [0.2, 0.25) is 0 Å². The Kier molecular flexibility index (Phi) is 20.8. The lowest BCUT2D eigenvalue weighted by molar-refractivity contribution is -0.147. The molecule has 6 atom stereocenters. The number of amides is 3. The summed E-state index contributed by atoms with van der Waals surface area (Å²) in [6, 6.07) is 6.65. The van der Waals surface area contributed by atoms with E-state index < -0.39 is 29.6 Å². The summed E-state index contributed by atoms with van der Waals surface area (Å²) < 4.78 is 6.36. The number of anilines is 1. The monoisotopic (exact) mass is 841 g/mol. The molecule has 13 heteroatoms. The average molecular weight is 841 g/mol. The molecule has 0 spiro atoms. The fraction of sp³-hybridized carbons (Fsp3) is 0.717. The first-order valence-electron chi connectivity index (χ1n) is 22.3. The molecule has 1 fully saturated rings. The number of carboxylic acid groups (broad SMARTS) is 1. The second kappa shape index (κ2) is 24.6. The summed E-state index contributed by atoms with van der Waals surface area (Å²) in [5.74, 6) is -1.47. The van der Waals surface area contributed by atoms with E-state index in [9.17, 15) is 24.3 Å². The minimum atomic E-state index is -1.07. The molecule has 1 aliphatic heterocycles. The third-order valence-corrected chi connectivity index (χ3v) is 12.5. The summed E-state index contributed by atoms with van der Waals surface area (Å²) in [6.45, 7) is 21.7. The number of carboxylic acids is 1. The molecule has 12 nitrogen and oxygen atoms in total. The van der Waals surface area contributed by atoms with Gasteiger partial charge in [-0.25, -0.2) is 4.98 Å². The number of piperidine rings is 1. The van der Waals surface area contributed by atoms with Gasteiger partial charge in [-0.2, -0.15) is 0 Å². The number of ether oxygens (including phenoxy) is 1. The topological polar surface area (TPSA) is 162 Å². The number of hydrogen-bond acceptors (Lipinski definition) is 9. The summed E-state index contributed by atoms with van der Waals surface area (Å²) in [6.07, 6.45) is 8.23. The minimum Gasteiger partial charge on any atom is -0.481 e. The van der Waals surface area contributed by atoms with Crippen molar-refractivity contribution in [2.24, 2.45) is 17.3 Å². The van der Waals surface area contributed by atoms with E-state index in [0.29, 0.717) is 31.0 Å². The van der Waals surface area contributed by atoms with Gasteiger partial charge in [-0.05, 0) is 103 Å². The first-order valence-corrected chi connectivity index (χ1v) is 23.2. The van der Waals surface area contributed by atoms with Gasteiger partial charge in [0, 0.05) is 48.8 Å². The zero-order chi connectivity index (χ0) is 43.7. The van der Waals surface area contributed by atoms with Crippen LogP contribution in [0.3, 0.4) is 0 Å². The van der Waals surface area contributed by atoms with Gasteiger partial charge in [-0.3, -0.25) is 19.2 Å². The molecule has 0 bridgehead atoms. The van der Waals surface area contributed by atoms with Crippen molar-refractivity contribution in [2.75, 3.05) is 25.0 Å². The van der Waals surface area contributed by atoms with E-state index >= 15 is 0 Å². The van der Waals surface area contributed by atoms with Gasteiger partial charge in [0.25, 0.3) is 5.91 Å². The van der Waals surface area contributed by atoms with Crippen LogP contribution >= 0.6 is 11.3 Å². The van der Waals surface area contributed by atoms with Crippen molar-refractivity contribution < 1.29 is 29.0 Å². The number of nitrogens with one attached hydrogen (secondary N) is 4. The van der Waals surface area contributed by atoms with E-state index in [1.54, 1.807) is 19.2 Å². The maximum absolute atomic E-state index is 14.8. The molecule has 0 aliphatic carbocycles. The molecule has 1 aliphatic rings. The Morgan fingerprint density at radius 1 is 1.00 bits per heavy atom. The second-order valence-electron chi connectivity index (χ2n) is 17.8. The highest BCUT2D eigenvalue weighted by atomic mass is 32.1. The number of rotatable bonds is 26. The highest BCUT2D eigenvalue weighted by Crippen LogP contribution is 2.32. The first-order chi connectivity index (χ1) is 28.0. The molecule has 1 aromatic carbocycles. The lowest BCUT2D eigenvalue weighted by Crippen LogP contribution is -2.58. The van der Waals surface area contributed by atoms with Crippen LogP contribution in [-0.2, 0) is 25.5 Å². The summed E-state index contributed by atoms with van der Waals surface area (Å²) >= 11 is 1.35. The van der Waals surface area contributed by atoms with Crippen molar-refractivity contribution in [3.8, 4) is 0 Å². The third kappa shape index (κ3) is 15.8. The SMILES string of the molecule is CCCCCCN(C(=O)[C@@H](NC(=O)[C@H]1CCCCN1)[C@@H](C)CC)[C@H](C[C@@H](OCC)c1nc(C(=O)N[C@@H](Cc2ccc(NC(C)C)cc2)CC(C)(C)C(=O)O)cs1)C(C)C. The highest BCUT2D eigenvalue weighted by molar-refractivity contribution is 7.09. The fourth-order valence-electron chi connectivity index (χ4n) is 7.79. The zero-order valence-corrected chi connectivity index (χ0v) is 38.5. The largest absolute Gasteiger partial charge is 0.481 e. The van der Waals surface area contributed by atoms with Gasteiger partial charge in [-0.15, -0.1) is 11.3 Å². The molecule has 1 saturated heterocycles. The van der Waals surface area contributed by atoms with E-state index in [1.165, 1.54) is 11.3 Å². The second-order valence-corrected chi connectivity index (χ2v) is 18.7. The Morgan fingerprint density at radius 2 is 1.71 bits per heavy atom. The standard InChI is InChI=1S/C46H76N6O6S/c1-11-14-15-18-25-52(44(55)40(32(8)12-2)51-41(53)36-19-16-17-24-47-36)38(30(4)5)27-39(58-13-3)43-50-37(29-59-43)42(54)49-35(28-46(9,10)45(56)57)26-33-20-22-34(23-21-33)48-31(6)7/h20-23,29-32,35-36,38-40,47-48H,11-19,24-28H2,1-10H3,(H,49,54)(H,51,53)(H,56,57)/t32-,35-,36+,38+,39+,40-/m0/s1. The number of thiazole rings is 1. The smallest absolute Gasteiger partial charge is 0.309 e. The van der Waals surface area contributed by atoms with Gasteiger partial charge in [0.2, 0.25) is 11.8 Å². The van der Waals surface area contributed by atoms with Gasteiger partial charge in [0.15, 0.2) is 0 Å². The highest BCUT2D eigenvalue weighted by Gasteiger charge is 2.38. The van der Waals surface area contributed by atoms with Gasteiger partial charge < -0.3 is 36.0 Å². The van der Waals surface area contributed by atoms with Crippen molar-refractivity contribution in [3.63, 3.8) is 0 Å². The molecule has 3 rings (SSSR count). The number of benzene rings is 1. The summed E-state index contributed by atoms with van der Waals surface area (Å²) in [4.78, 5) is 61.2. The molecule has 59 heavy (non-hydrogen) atoms. The molecule has 2 aromatic rings. The van der Waals surface area contributed by atoms with Crippen LogP contribution in [0.15, 0.2) is 29.6 Å². The predicted octanol–water partition coefficient (Wildman–Crippen LogP) is 8.38. The van der Waals surface area contributed by atoms with Crippen molar-refractivity contribution in [1.29, 1.82) is 0 Å². The van der Waals surface area contributed by atoms with Crippen LogP contribution in [0.1, 0.15) is 161 Å². The number of unbranched alkanes of at least 4 members (excludes halogenated alkanes) is 3. The fourth-order valence-corrected chi connectivity index (χ4v) is 8.65. The van der Waals surface area contributed by atoms with Crippen molar-refractivity contribution >= 4 is 40.7 Å². The Hall–Kier alpha value is -3.55. The molecule has 3 amide bonds. The number of carbonyl (C=O) groups is 4. The van der Waals surface area contributed by atoms with Gasteiger partial charge in [-0.1, -0.05) is 78.9 Å². The Balaban J connectivity index is 1.89. The summed E-state index contributed by atoms with van der Waals surface area (Å²) in [5, 5.41) is 25.4. The van der Waals surface area contributed by atoms with Gasteiger partial charge >= 0.3 is 5.97 Å². The molecule has 5 N–H and O–H groups in total. The van der Waals surface area contributed by atoms with Crippen LogP contribution < -0.4 is 21.3 Å². The number of carbonyl (C=O) groups excluding carboxylic acids is 3. The average Bonchev–Trinajstić information content (AvgIpc) is 3.69. The summed E-state index contributed by atoms with van der Waals surface area (Å²) in [7, 11) is 0. The van der Waals surface area contributed by atoms with Crippen LogP contribution in [-0.4, -0.2) is 88.6 Å². The van der Waals surface area contributed by atoms with Crippen LogP contribution in [0.5, 0.6) is 0 Å². The lowest BCUT2D eigenvalue weighted by Gasteiger charge is -2.40. The van der Waals surface area contributed by atoms with Crippen molar-refractivity contribution in [3.05, 3.63) is 45.9 Å². The third-order valence-electron chi connectivity index (χ3n) is 11.5. The Bertz CT molecular complexity index is 1590. The lowest BCUT2D eigenvalue weighted by atomic mass is 9.84. The maximum Gasteiger partial charge on any atom is 0.309 e. The van der Waals surface area contributed by atoms with Crippen molar-refractivity contribution in [1.82, 2.24) is 25.8 Å². The molecule has 332 valence electrons. The van der Waals surface area contributed by atoms with Gasteiger partial charge in [0.1, 0.15) is 22.8 Å². The molecule has 2 heterocycles. The van der Waals surface area contributed by atoms with E-state index in [-0.39, 0.29) is 59.8 Å². The Labute approximate surface area is 358 Å². The maximum atomic E-state index is 14.8.